The molecule has 4 nitrogen and oxygen atoms in total. The zero-order valence-corrected chi connectivity index (χ0v) is 13.7. The van der Waals surface area contributed by atoms with E-state index >= 15 is 0 Å². The maximum atomic E-state index is 12.8. The molecule has 0 unspecified atom stereocenters. The number of hydrogen-bond acceptors (Lipinski definition) is 3. The molecule has 4 heteroatoms. The smallest absolute Gasteiger partial charge is 0.256 e. The molecule has 0 spiro atoms. The second-order valence-corrected chi connectivity index (χ2v) is 5.84. The molecule has 1 amide bonds. The predicted molar refractivity (Wildman–Crippen MR) is 93.3 cm³/mol. The number of nitrogen functional groups attached to an aromatic ring is 1. The Kier molecular flexibility index (Phi) is 5.63. The number of phenols is 1. The van der Waals surface area contributed by atoms with Crippen LogP contribution >= 0.6 is 0 Å². The van der Waals surface area contributed by atoms with E-state index in [4.69, 9.17) is 5.73 Å². The molecule has 0 saturated heterocycles. The van der Waals surface area contributed by atoms with E-state index < -0.39 is 0 Å². The molecule has 2 aromatic carbocycles. The van der Waals surface area contributed by atoms with Crippen molar-refractivity contribution in [1.82, 2.24) is 4.90 Å². The summed E-state index contributed by atoms with van der Waals surface area (Å²) in [5.41, 5.74) is 8.93. The molecule has 0 aromatic heterocycles. The Hall–Kier alpha value is -2.49. The summed E-state index contributed by atoms with van der Waals surface area (Å²) >= 11 is 0. The van der Waals surface area contributed by atoms with E-state index in [1.807, 2.05) is 31.2 Å². The molecule has 0 aliphatic rings. The zero-order chi connectivity index (χ0) is 16.8. The molecule has 0 radical (unpaired) electrons. The third-order valence-corrected chi connectivity index (χ3v) is 3.83. The van der Waals surface area contributed by atoms with E-state index in [2.05, 4.69) is 6.92 Å². The summed E-state index contributed by atoms with van der Waals surface area (Å²) in [7, 11) is 0. The van der Waals surface area contributed by atoms with Gasteiger partial charge in [-0.3, -0.25) is 4.79 Å². The maximum Gasteiger partial charge on any atom is 0.256 e. The SMILES string of the molecule is CCCCN(Cc1ccc(C)cc1)C(=O)c1cc(O)ccc1N. The van der Waals surface area contributed by atoms with Crippen LogP contribution in [0, 0.1) is 6.92 Å². The first-order chi connectivity index (χ1) is 11.0. The lowest BCUT2D eigenvalue weighted by Gasteiger charge is -2.23. The Morgan fingerprint density at radius 3 is 2.52 bits per heavy atom. The lowest BCUT2D eigenvalue weighted by atomic mass is 10.1. The molecular weight excluding hydrogens is 288 g/mol. The first-order valence-corrected chi connectivity index (χ1v) is 7.94. The third kappa shape index (κ3) is 4.49. The zero-order valence-electron chi connectivity index (χ0n) is 13.7. The summed E-state index contributed by atoms with van der Waals surface area (Å²) < 4.78 is 0. The number of unbranched alkanes of at least 4 members (excludes halogenated alkanes) is 1. The molecule has 122 valence electrons. The highest BCUT2D eigenvalue weighted by Gasteiger charge is 2.18. The van der Waals surface area contributed by atoms with Gasteiger partial charge in [-0.2, -0.15) is 0 Å². The lowest BCUT2D eigenvalue weighted by molar-refractivity contribution is 0.0741. The molecule has 0 saturated carbocycles. The molecule has 0 bridgehead atoms. The van der Waals surface area contributed by atoms with Crippen LogP contribution in [-0.2, 0) is 6.54 Å². The summed E-state index contributed by atoms with van der Waals surface area (Å²) in [5, 5.41) is 9.64. The van der Waals surface area contributed by atoms with E-state index in [0.29, 0.717) is 24.3 Å². The van der Waals surface area contributed by atoms with Crippen molar-refractivity contribution in [2.45, 2.75) is 33.2 Å². The van der Waals surface area contributed by atoms with Gasteiger partial charge in [-0.05, 0) is 37.1 Å². The second kappa shape index (κ2) is 7.68. The Labute approximate surface area is 137 Å². The molecule has 2 aromatic rings. The Balaban J connectivity index is 2.24. The highest BCUT2D eigenvalue weighted by molar-refractivity contribution is 5.99. The van der Waals surface area contributed by atoms with Crippen LogP contribution < -0.4 is 5.73 Å². The molecular formula is C19H24N2O2. The van der Waals surface area contributed by atoms with Crippen LogP contribution in [0.4, 0.5) is 5.69 Å². The van der Waals surface area contributed by atoms with Gasteiger partial charge in [-0.1, -0.05) is 43.2 Å². The monoisotopic (exact) mass is 312 g/mol. The van der Waals surface area contributed by atoms with Crippen molar-refractivity contribution >= 4 is 11.6 Å². The van der Waals surface area contributed by atoms with Gasteiger partial charge in [0.25, 0.3) is 5.91 Å². The van der Waals surface area contributed by atoms with Crippen LogP contribution in [0.5, 0.6) is 5.75 Å². The number of carbonyl (C=O) groups is 1. The van der Waals surface area contributed by atoms with Crippen molar-refractivity contribution < 1.29 is 9.90 Å². The normalized spacial score (nSPS) is 10.5. The van der Waals surface area contributed by atoms with Crippen LogP contribution in [0.1, 0.15) is 41.3 Å². The molecule has 0 heterocycles. The molecule has 23 heavy (non-hydrogen) atoms. The highest BCUT2D eigenvalue weighted by Crippen LogP contribution is 2.21. The Morgan fingerprint density at radius 2 is 1.87 bits per heavy atom. The molecule has 3 N–H and O–H groups in total. The number of phenolic OH excluding ortho intramolecular Hbond substituents is 1. The molecule has 0 aliphatic heterocycles. The minimum Gasteiger partial charge on any atom is -0.508 e. The van der Waals surface area contributed by atoms with E-state index in [9.17, 15) is 9.90 Å². The average Bonchev–Trinajstić information content (AvgIpc) is 2.55. The van der Waals surface area contributed by atoms with E-state index in [-0.39, 0.29) is 11.7 Å². The number of anilines is 1. The summed E-state index contributed by atoms with van der Waals surface area (Å²) in [6.45, 7) is 5.33. The van der Waals surface area contributed by atoms with Crippen molar-refractivity contribution in [3.05, 3.63) is 59.2 Å². The third-order valence-electron chi connectivity index (χ3n) is 3.83. The molecule has 0 fully saturated rings. The Bertz CT molecular complexity index is 666. The van der Waals surface area contributed by atoms with Crippen LogP contribution in [0.25, 0.3) is 0 Å². The maximum absolute atomic E-state index is 12.8. The summed E-state index contributed by atoms with van der Waals surface area (Å²) in [5.74, 6) is -0.0965. The fourth-order valence-corrected chi connectivity index (χ4v) is 2.42. The van der Waals surface area contributed by atoms with Crippen molar-refractivity contribution in [2.75, 3.05) is 12.3 Å². The number of hydrogen-bond donors (Lipinski definition) is 2. The molecule has 0 aliphatic carbocycles. The number of rotatable bonds is 6. The number of aromatic hydroxyl groups is 1. The number of carbonyl (C=O) groups excluding carboxylic acids is 1. The van der Waals surface area contributed by atoms with Gasteiger partial charge in [-0.15, -0.1) is 0 Å². The van der Waals surface area contributed by atoms with Crippen molar-refractivity contribution in [3.63, 3.8) is 0 Å². The quantitative estimate of drug-likeness (QED) is 0.631. The Morgan fingerprint density at radius 1 is 1.17 bits per heavy atom. The van der Waals surface area contributed by atoms with Gasteiger partial charge in [0, 0.05) is 18.8 Å². The van der Waals surface area contributed by atoms with Gasteiger partial charge < -0.3 is 15.7 Å². The standard InChI is InChI=1S/C19H24N2O2/c1-3-4-11-21(13-15-7-5-14(2)6-8-15)19(23)17-12-16(22)9-10-18(17)20/h5-10,12,22H,3-4,11,13,20H2,1-2H3. The average molecular weight is 312 g/mol. The molecule has 0 atom stereocenters. The first kappa shape index (κ1) is 16.9. The minimum absolute atomic E-state index is 0.0494. The highest BCUT2D eigenvalue weighted by atomic mass is 16.3. The van der Waals surface area contributed by atoms with E-state index in [1.54, 1.807) is 11.0 Å². The van der Waals surface area contributed by atoms with Crippen LogP contribution in [0.3, 0.4) is 0 Å². The van der Waals surface area contributed by atoms with Gasteiger partial charge in [0.15, 0.2) is 0 Å². The number of aryl methyl sites for hydroxylation is 1. The van der Waals surface area contributed by atoms with Crippen molar-refractivity contribution in [1.29, 1.82) is 0 Å². The van der Waals surface area contributed by atoms with E-state index in [1.165, 1.54) is 17.7 Å². The van der Waals surface area contributed by atoms with Gasteiger partial charge >= 0.3 is 0 Å². The topological polar surface area (TPSA) is 66.6 Å². The van der Waals surface area contributed by atoms with Crippen LogP contribution in [-0.4, -0.2) is 22.5 Å². The lowest BCUT2D eigenvalue weighted by Crippen LogP contribution is -2.32. The fraction of sp³-hybridized carbons (Fsp3) is 0.316. The largest absolute Gasteiger partial charge is 0.508 e. The van der Waals surface area contributed by atoms with Crippen molar-refractivity contribution in [3.8, 4) is 5.75 Å². The van der Waals surface area contributed by atoms with Gasteiger partial charge in [0.05, 0.1) is 5.56 Å². The first-order valence-electron chi connectivity index (χ1n) is 7.94. The van der Waals surface area contributed by atoms with Gasteiger partial charge in [0.1, 0.15) is 5.75 Å². The second-order valence-electron chi connectivity index (χ2n) is 5.84. The van der Waals surface area contributed by atoms with Crippen LogP contribution in [0.15, 0.2) is 42.5 Å². The number of nitrogens with zero attached hydrogens (tertiary/aromatic N) is 1. The van der Waals surface area contributed by atoms with Gasteiger partial charge in [-0.25, -0.2) is 0 Å². The summed E-state index contributed by atoms with van der Waals surface area (Å²) in [4.78, 5) is 14.6. The summed E-state index contributed by atoms with van der Waals surface area (Å²) in [6, 6.07) is 12.6. The van der Waals surface area contributed by atoms with Crippen molar-refractivity contribution in [2.24, 2.45) is 0 Å². The fourth-order valence-electron chi connectivity index (χ4n) is 2.42. The number of amides is 1. The van der Waals surface area contributed by atoms with Crippen LogP contribution in [0.2, 0.25) is 0 Å². The summed E-state index contributed by atoms with van der Waals surface area (Å²) in [6.07, 6.45) is 1.93. The van der Waals surface area contributed by atoms with E-state index in [0.717, 1.165) is 18.4 Å². The number of nitrogens with two attached hydrogens (primary N) is 1. The van der Waals surface area contributed by atoms with Gasteiger partial charge in [0.2, 0.25) is 0 Å². The molecule has 2 rings (SSSR count). The minimum atomic E-state index is -0.146. The predicted octanol–water partition coefficient (Wildman–Crippen LogP) is 3.73. The number of benzene rings is 2.